The Morgan fingerprint density at radius 3 is 2.23 bits per heavy atom. The van der Waals surface area contributed by atoms with Gasteiger partial charge in [-0.2, -0.15) is 0 Å². The molecule has 0 radical (unpaired) electrons. The topological polar surface area (TPSA) is 68.2 Å². The first kappa shape index (κ1) is 25.4. The van der Waals surface area contributed by atoms with Crippen LogP contribution < -0.4 is 10.2 Å². The molecule has 0 saturated carbocycles. The van der Waals surface area contributed by atoms with E-state index in [9.17, 15) is 8.42 Å². The molecule has 0 unspecified atom stereocenters. The minimum absolute atomic E-state index is 0. The standard InChI is InChI=1S/C22H31N5O2S.HI/c1-4-23-22(27-16-14-26(15-17-27)20-11-6-5-7-12-20)24-18-19-10-8-9-13-21(19)30(28,29)25(2)3;/h5-13H,4,14-18H2,1-3H3,(H,23,24);1H. The maximum Gasteiger partial charge on any atom is 0.242 e. The van der Waals surface area contributed by atoms with Crippen LogP contribution in [0.1, 0.15) is 12.5 Å². The van der Waals surface area contributed by atoms with Crippen LogP contribution in [0.5, 0.6) is 0 Å². The molecule has 1 aliphatic heterocycles. The first-order valence-electron chi connectivity index (χ1n) is 10.3. The number of halogens is 1. The lowest BCUT2D eigenvalue weighted by atomic mass is 10.2. The van der Waals surface area contributed by atoms with Crippen LogP contribution >= 0.6 is 24.0 Å². The Balaban J connectivity index is 0.00000341. The van der Waals surface area contributed by atoms with Gasteiger partial charge in [-0.15, -0.1) is 24.0 Å². The Bertz CT molecular complexity index is 959. The summed E-state index contributed by atoms with van der Waals surface area (Å²) in [5.74, 6) is 0.822. The lowest BCUT2D eigenvalue weighted by Gasteiger charge is -2.37. The minimum atomic E-state index is -3.51. The van der Waals surface area contributed by atoms with Crippen molar-refractivity contribution in [2.24, 2.45) is 4.99 Å². The fraction of sp³-hybridized carbons (Fsp3) is 0.409. The minimum Gasteiger partial charge on any atom is -0.368 e. The number of hydrogen-bond acceptors (Lipinski definition) is 4. The summed E-state index contributed by atoms with van der Waals surface area (Å²) in [5.41, 5.74) is 1.94. The molecule has 1 fully saturated rings. The van der Waals surface area contributed by atoms with Crippen molar-refractivity contribution in [3.8, 4) is 0 Å². The van der Waals surface area contributed by atoms with Gasteiger partial charge in [-0.3, -0.25) is 0 Å². The monoisotopic (exact) mass is 557 g/mol. The van der Waals surface area contributed by atoms with Gasteiger partial charge in [0, 0.05) is 52.5 Å². The van der Waals surface area contributed by atoms with Gasteiger partial charge in [0.05, 0.1) is 11.4 Å². The number of guanidine groups is 1. The summed E-state index contributed by atoms with van der Waals surface area (Å²) in [6, 6.07) is 17.5. The number of sulfonamides is 1. The van der Waals surface area contributed by atoms with Crippen molar-refractivity contribution in [1.82, 2.24) is 14.5 Å². The third-order valence-corrected chi connectivity index (χ3v) is 7.08. The Morgan fingerprint density at radius 2 is 1.61 bits per heavy atom. The lowest BCUT2D eigenvalue weighted by Crippen LogP contribution is -2.52. The summed E-state index contributed by atoms with van der Waals surface area (Å²) >= 11 is 0. The molecule has 31 heavy (non-hydrogen) atoms. The number of aliphatic imine (C=N–C) groups is 1. The summed E-state index contributed by atoms with van der Waals surface area (Å²) in [4.78, 5) is 9.69. The van der Waals surface area contributed by atoms with Crippen molar-refractivity contribution in [3.05, 3.63) is 60.2 Å². The predicted octanol–water partition coefficient (Wildman–Crippen LogP) is 2.84. The average Bonchev–Trinajstić information content (AvgIpc) is 2.77. The molecular formula is C22H32IN5O2S. The van der Waals surface area contributed by atoms with Crippen molar-refractivity contribution in [2.75, 3.05) is 51.7 Å². The van der Waals surface area contributed by atoms with Crippen LogP contribution in [0.3, 0.4) is 0 Å². The van der Waals surface area contributed by atoms with Crippen LogP contribution in [0, 0.1) is 0 Å². The van der Waals surface area contributed by atoms with E-state index in [1.807, 2.05) is 25.1 Å². The van der Waals surface area contributed by atoms with Crippen LogP contribution in [-0.4, -0.2) is 70.4 Å². The number of nitrogens with zero attached hydrogens (tertiary/aromatic N) is 4. The fourth-order valence-electron chi connectivity index (χ4n) is 3.48. The molecule has 2 aromatic carbocycles. The number of para-hydroxylation sites is 1. The lowest BCUT2D eigenvalue weighted by molar-refractivity contribution is 0.372. The van der Waals surface area contributed by atoms with Crippen LogP contribution in [0.15, 0.2) is 64.5 Å². The van der Waals surface area contributed by atoms with Gasteiger partial charge in [-0.1, -0.05) is 36.4 Å². The Labute approximate surface area is 203 Å². The highest BCUT2D eigenvalue weighted by Gasteiger charge is 2.22. The molecule has 3 rings (SSSR count). The molecule has 170 valence electrons. The second kappa shape index (κ2) is 11.7. The van der Waals surface area contributed by atoms with E-state index >= 15 is 0 Å². The smallest absolute Gasteiger partial charge is 0.242 e. The molecule has 2 aromatic rings. The highest BCUT2D eigenvalue weighted by molar-refractivity contribution is 14.0. The van der Waals surface area contributed by atoms with Crippen LogP contribution in [0.4, 0.5) is 5.69 Å². The number of benzene rings is 2. The average molecular weight is 558 g/mol. The third-order valence-electron chi connectivity index (χ3n) is 5.17. The number of rotatable bonds is 6. The Hall–Kier alpha value is -1.85. The SMILES string of the molecule is CCNC(=NCc1ccccc1S(=O)(=O)N(C)C)N1CCN(c2ccccc2)CC1.I. The molecule has 9 heteroatoms. The van der Waals surface area contributed by atoms with Crippen LogP contribution in [0.25, 0.3) is 0 Å². The molecule has 0 amide bonds. The molecule has 7 nitrogen and oxygen atoms in total. The zero-order valence-corrected chi connectivity index (χ0v) is 21.5. The van der Waals surface area contributed by atoms with E-state index in [0.29, 0.717) is 17.0 Å². The third kappa shape index (κ3) is 6.33. The summed E-state index contributed by atoms with van der Waals surface area (Å²) in [5, 5.41) is 3.36. The quantitative estimate of drug-likeness (QED) is 0.336. The van der Waals surface area contributed by atoms with Crippen molar-refractivity contribution in [2.45, 2.75) is 18.4 Å². The summed E-state index contributed by atoms with van der Waals surface area (Å²) in [6.45, 7) is 6.66. The van der Waals surface area contributed by atoms with Gasteiger partial charge in [0.25, 0.3) is 0 Å². The molecule has 1 N–H and O–H groups in total. The summed E-state index contributed by atoms with van der Waals surface area (Å²) < 4.78 is 26.5. The van der Waals surface area contributed by atoms with Crippen LogP contribution in [0.2, 0.25) is 0 Å². The first-order valence-corrected chi connectivity index (χ1v) is 11.7. The van der Waals surface area contributed by atoms with E-state index in [1.165, 1.54) is 9.99 Å². The Morgan fingerprint density at radius 1 is 1.00 bits per heavy atom. The van der Waals surface area contributed by atoms with Crippen molar-refractivity contribution in [1.29, 1.82) is 0 Å². The molecule has 0 atom stereocenters. The molecular weight excluding hydrogens is 525 g/mol. The molecule has 1 aliphatic rings. The van der Waals surface area contributed by atoms with E-state index in [0.717, 1.165) is 38.7 Å². The van der Waals surface area contributed by atoms with E-state index in [4.69, 9.17) is 4.99 Å². The van der Waals surface area contributed by atoms with Crippen LogP contribution in [-0.2, 0) is 16.6 Å². The molecule has 0 bridgehead atoms. The van der Waals surface area contributed by atoms with E-state index in [2.05, 4.69) is 39.4 Å². The molecule has 0 aromatic heterocycles. The van der Waals surface area contributed by atoms with Crippen molar-refractivity contribution in [3.63, 3.8) is 0 Å². The van der Waals surface area contributed by atoms with Gasteiger partial charge in [0.15, 0.2) is 5.96 Å². The number of anilines is 1. The van der Waals surface area contributed by atoms with Gasteiger partial charge in [-0.05, 0) is 30.7 Å². The van der Waals surface area contributed by atoms with E-state index in [-0.39, 0.29) is 24.0 Å². The van der Waals surface area contributed by atoms with E-state index in [1.54, 1.807) is 26.2 Å². The molecule has 0 spiro atoms. The highest BCUT2D eigenvalue weighted by Crippen LogP contribution is 2.20. The van der Waals surface area contributed by atoms with Gasteiger partial charge in [0.2, 0.25) is 10.0 Å². The predicted molar refractivity (Wildman–Crippen MR) is 138 cm³/mol. The largest absolute Gasteiger partial charge is 0.368 e. The fourth-order valence-corrected chi connectivity index (χ4v) is 4.59. The maximum absolute atomic E-state index is 12.6. The van der Waals surface area contributed by atoms with Gasteiger partial charge < -0.3 is 15.1 Å². The summed E-state index contributed by atoms with van der Waals surface area (Å²) in [7, 11) is -0.413. The highest BCUT2D eigenvalue weighted by atomic mass is 127. The van der Waals surface area contributed by atoms with Gasteiger partial charge in [0.1, 0.15) is 0 Å². The zero-order valence-electron chi connectivity index (χ0n) is 18.4. The van der Waals surface area contributed by atoms with Gasteiger partial charge in [-0.25, -0.2) is 17.7 Å². The number of nitrogens with one attached hydrogen (secondary N) is 1. The molecule has 1 saturated heterocycles. The number of hydrogen-bond donors (Lipinski definition) is 1. The molecule has 1 heterocycles. The first-order chi connectivity index (χ1) is 14.4. The number of piperazine rings is 1. The van der Waals surface area contributed by atoms with E-state index < -0.39 is 10.0 Å². The maximum atomic E-state index is 12.6. The normalized spacial score (nSPS) is 15.0. The second-order valence-electron chi connectivity index (χ2n) is 7.37. The van der Waals surface area contributed by atoms with Crippen molar-refractivity contribution < 1.29 is 8.42 Å². The zero-order chi connectivity index (χ0) is 21.6. The Kier molecular flexibility index (Phi) is 9.57. The van der Waals surface area contributed by atoms with Gasteiger partial charge >= 0.3 is 0 Å². The summed E-state index contributed by atoms with van der Waals surface area (Å²) in [6.07, 6.45) is 0. The molecule has 0 aliphatic carbocycles. The second-order valence-corrected chi connectivity index (χ2v) is 9.50. The van der Waals surface area contributed by atoms with Crippen molar-refractivity contribution >= 4 is 45.6 Å².